The number of carbonyl (C=O) groups excluding carboxylic acids is 1. The van der Waals surface area contributed by atoms with E-state index in [4.69, 9.17) is 4.99 Å². The molecule has 1 aliphatic heterocycles. The van der Waals surface area contributed by atoms with Gasteiger partial charge in [0.1, 0.15) is 0 Å². The summed E-state index contributed by atoms with van der Waals surface area (Å²) in [4.78, 5) is 19.1. The Kier molecular flexibility index (Phi) is 8.60. The minimum atomic E-state index is 0. The van der Waals surface area contributed by atoms with Gasteiger partial charge in [0.25, 0.3) is 0 Å². The van der Waals surface area contributed by atoms with E-state index in [1.807, 2.05) is 18.7 Å². The predicted octanol–water partition coefficient (Wildman–Crippen LogP) is 3.91. The van der Waals surface area contributed by atoms with Crippen molar-refractivity contribution in [1.82, 2.24) is 15.5 Å². The number of aliphatic imine (C=N–C) groups is 1. The minimum absolute atomic E-state index is 0. The van der Waals surface area contributed by atoms with Crippen LogP contribution in [-0.4, -0.2) is 49.0 Å². The highest BCUT2D eigenvalue weighted by molar-refractivity contribution is 14.0. The van der Waals surface area contributed by atoms with E-state index in [0.717, 1.165) is 43.0 Å². The monoisotopic (exact) mass is 562 g/mol. The minimum Gasteiger partial charge on any atom is -0.357 e. The van der Waals surface area contributed by atoms with Crippen molar-refractivity contribution in [2.75, 3.05) is 26.2 Å². The Bertz CT molecular complexity index is 705. The second kappa shape index (κ2) is 10.3. The van der Waals surface area contributed by atoms with E-state index in [-0.39, 0.29) is 47.3 Å². The molecule has 1 atom stereocenters. The molecule has 2 fully saturated rings. The number of nitrogens with zero attached hydrogens (tertiary/aromatic N) is 2. The van der Waals surface area contributed by atoms with E-state index < -0.39 is 0 Å². The van der Waals surface area contributed by atoms with Gasteiger partial charge in [-0.1, -0.05) is 41.9 Å². The molecular formula is C21H32BrIN4O. The van der Waals surface area contributed by atoms with Crippen LogP contribution in [-0.2, 0) is 10.2 Å². The van der Waals surface area contributed by atoms with Crippen LogP contribution in [0.25, 0.3) is 0 Å². The van der Waals surface area contributed by atoms with Gasteiger partial charge in [0.05, 0.1) is 6.54 Å². The van der Waals surface area contributed by atoms with Crippen LogP contribution in [0.4, 0.5) is 0 Å². The Morgan fingerprint density at radius 2 is 2.14 bits per heavy atom. The summed E-state index contributed by atoms with van der Waals surface area (Å²) < 4.78 is 1.13. The van der Waals surface area contributed by atoms with Crippen molar-refractivity contribution >= 4 is 51.8 Å². The maximum atomic E-state index is 12.2. The molecule has 1 unspecified atom stereocenters. The zero-order valence-corrected chi connectivity index (χ0v) is 20.9. The molecule has 1 heterocycles. The Morgan fingerprint density at radius 1 is 1.39 bits per heavy atom. The molecule has 0 spiro atoms. The van der Waals surface area contributed by atoms with Crippen molar-refractivity contribution in [3.8, 4) is 0 Å². The first kappa shape index (κ1) is 23.4. The van der Waals surface area contributed by atoms with Crippen LogP contribution in [0.15, 0.2) is 33.7 Å². The first-order valence-corrected chi connectivity index (χ1v) is 10.8. The molecule has 1 aliphatic carbocycles. The number of guanidine groups is 1. The maximum absolute atomic E-state index is 12.2. The summed E-state index contributed by atoms with van der Waals surface area (Å²) in [7, 11) is 0. The van der Waals surface area contributed by atoms with Crippen LogP contribution in [0, 0.1) is 5.92 Å². The zero-order valence-electron chi connectivity index (χ0n) is 17.0. The first-order chi connectivity index (χ1) is 12.9. The van der Waals surface area contributed by atoms with E-state index in [9.17, 15) is 4.79 Å². The molecule has 0 bridgehead atoms. The van der Waals surface area contributed by atoms with Gasteiger partial charge >= 0.3 is 0 Å². The van der Waals surface area contributed by atoms with Crippen LogP contribution < -0.4 is 10.6 Å². The molecule has 2 aliphatic rings. The molecule has 1 saturated heterocycles. The van der Waals surface area contributed by atoms with Crippen molar-refractivity contribution in [1.29, 1.82) is 0 Å². The number of nitrogens with one attached hydrogen (secondary N) is 2. The predicted molar refractivity (Wildman–Crippen MR) is 129 cm³/mol. The molecule has 1 aromatic rings. The third kappa shape index (κ3) is 5.84. The molecule has 0 aromatic heterocycles. The molecule has 28 heavy (non-hydrogen) atoms. The lowest BCUT2D eigenvalue weighted by atomic mass is 9.96. The fraction of sp³-hybridized carbons (Fsp3) is 0.619. The molecular weight excluding hydrogens is 531 g/mol. The van der Waals surface area contributed by atoms with Gasteiger partial charge in [-0.05, 0) is 43.9 Å². The Balaban J connectivity index is 0.00000280. The van der Waals surface area contributed by atoms with E-state index in [0.29, 0.717) is 0 Å². The lowest BCUT2D eigenvalue weighted by molar-refractivity contribution is -0.133. The summed E-state index contributed by atoms with van der Waals surface area (Å²) in [5.74, 6) is 1.17. The Labute approximate surface area is 194 Å². The van der Waals surface area contributed by atoms with E-state index in [2.05, 4.69) is 57.8 Å². The van der Waals surface area contributed by atoms with Crippen molar-refractivity contribution in [3.63, 3.8) is 0 Å². The van der Waals surface area contributed by atoms with Gasteiger partial charge in [-0.15, -0.1) is 24.0 Å². The van der Waals surface area contributed by atoms with Crippen molar-refractivity contribution in [2.24, 2.45) is 10.9 Å². The van der Waals surface area contributed by atoms with E-state index in [1.54, 1.807) is 0 Å². The normalized spacial score (nSPS) is 20.7. The van der Waals surface area contributed by atoms with Gasteiger partial charge < -0.3 is 15.5 Å². The fourth-order valence-electron chi connectivity index (χ4n) is 3.69. The highest BCUT2D eigenvalue weighted by atomic mass is 127. The molecule has 1 amide bonds. The van der Waals surface area contributed by atoms with Crippen LogP contribution in [0.3, 0.4) is 0 Å². The quantitative estimate of drug-likeness (QED) is 0.314. The van der Waals surface area contributed by atoms with Gasteiger partial charge in [-0.3, -0.25) is 9.79 Å². The second-order valence-electron chi connectivity index (χ2n) is 8.05. The largest absolute Gasteiger partial charge is 0.357 e. The van der Waals surface area contributed by atoms with Gasteiger partial charge in [0.15, 0.2) is 5.96 Å². The van der Waals surface area contributed by atoms with Gasteiger partial charge in [-0.25, -0.2) is 0 Å². The average molecular weight is 563 g/mol. The van der Waals surface area contributed by atoms with Crippen molar-refractivity contribution in [2.45, 2.75) is 51.5 Å². The highest BCUT2D eigenvalue weighted by Crippen LogP contribution is 2.48. The Morgan fingerprint density at radius 3 is 2.75 bits per heavy atom. The number of hydrogen-bond acceptors (Lipinski definition) is 2. The van der Waals surface area contributed by atoms with Gasteiger partial charge in [0, 0.05) is 41.5 Å². The maximum Gasteiger partial charge on any atom is 0.225 e. The van der Waals surface area contributed by atoms with Crippen LogP contribution in [0.5, 0.6) is 0 Å². The van der Waals surface area contributed by atoms with Crippen LogP contribution in [0.2, 0.25) is 0 Å². The summed E-state index contributed by atoms with van der Waals surface area (Å²) in [6.45, 7) is 9.23. The highest BCUT2D eigenvalue weighted by Gasteiger charge is 2.44. The summed E-state index contributed by atoms with van der Waals surface area (Å²) in [6.07, 6.45) is 3.35. The molecule has 7 heteroatoms. The molecule has 1 saturated carbocycles. The fourth-order valence-corrected chi connectivity index (χ4v) is 4.09. The molecule has 0 radical (unpaired) electrons. The average Bonchev–Trinajstić information content (AvgIpc) is 3.30. The SMILES string of the molecule is CCNC(=NCC1(c2cccc(Br)c2)CC1)NC1CCN(C(=O)C(C)C)C1.I. The topological polar surface area (TPSA) is 56.7 Å². The molecule has 3 rings (SSSR count). The number of hydrogen-bond donors (Lipinski definition) is 2. The third-order valence-corrected chi connectivity index (χ3v) is 6.00. The number of likely N-dealkylation sites (tertiary alicyclic amines) is 1. The first-order valence-electron chi connectivity index (χ1n) is 10.0. The lowest BCUT2D eigenvalue weighted by Gasteiger charge is -2.21. The summed E-state index contributed by atoms with van der Waals surface area (Å²) in [6, 6.07) is 8.87. The standard InChI is InChI=1S/C21H31BrN4O.HI/c1-4-23-20(25-18-8-11-26(13-18)19(27)15(2)3)24-14-21(9-10-21)16-6-5-7-17(22)12-16;/h5-7,12,15,18H,4,8-11,13-14H2,1-3H3,(H2,23,24,25);1H. The number of halogens is 2. The number of carbonyl (C=O) groups is 1. The van der Waals surface area contributed by atoms with E-state index in [1.165, 1.54) is 18.4 Å². The number of rotatable bonds is 6. The zero-order chi connectivity index (χ0) is 19.4. The van der Waals surface area contributed by atoms with Crippen LogP contribution in [0.1, 0.15) is 45.6 Å². The van der Waals surface area contributed by atoms with Gasteiger partial charge in [0.2, 0.25) is 5.91 Å². The number of amides is 1. The van der Waals surface area contributed by atoms with Crippen molar-refractivity contribution in [3.05, 3.63) is 34.3 Å². The molecule has 1 aromatic carbocycles. The molecule has 156 valence electrons. The summed E-state index contributed by atoms with van der Waals surface area (Å²) in [5, 5.41) is 6.91. The van der Waals surface area contributed by atoms with E-state index >= 15 is 0 Å². The van der Waals surface area contributed by atoms with Crippen LogP contribution >= 0.6 is 39.9 Å². The smallest absolute Gasteiger partial charge is 0.225 e. The van der Waals surface area contributed by atoms with Crippen molar-refractivity contribution < 1.29 is 4.79 Å². The molecule has 5 nitrogen and oxygen atoms in total. The third-order valence-electron chi connectivity index (χ3n) is 5.51. The summed E-state index contributed by atoms with van der Waals surface area (Å²) in [5.41, 5.74) is 1.55. The lowest BCUT2D eigenvalue weighted by Crippen LogP contribution is -2.45. The van der Waals surface area contributed by atoms with Gasteiger partial charge in [-0.2, -0.15) is 0 Å². The Hall–Kier alpha value is -0.830. The number of benzene rings is 1. The summed E-state index contributed by atoms with van der Waals surface area (Å²) >= 11 is 3.58. The second-order valence-corrected chi connectivity index (χ2v) is 8.97. The molecule has 2 N–H and O–H groups in total.